The van der Waals surface area contributed by atoms with Gasteiger partial charge in [-0.2, -0.15) is 0 Å². The first-order chi connectivity index (χ1) is 16.0. The minimum Gasteiger partial charge on any atom is -0.481 e. The van der Waals surface area contributed by atoms with Crippen LogP contribution in [0.4, 0.5) is 4.79 Å². The number of carbonyl (C=O) groups is 3. The molecule has 0 saturated heterocycles. The summed E-state index contributed by atoms with van der Waals surface area (Å²) in [4.78, 5) is 39.1. The van der Waals surface area contributed by atoms with E-state index in [-0.39, 0.29) is 43.6 Å². The van der Waals surface area contributed by atoms with E-state index in [0.29, 0.717) is 11.4 Å². The van der Waals surface area contributed by atoms with Crippen LogP contribution >= 0.6 is 11.3 Å². The van der Waals surface area contributed by atoms with E-state index in [4.69, 9.17) is 9.84 Å². The summed E-state index contributed by atoms with van der Waals surface area (Å²) in [5, 5.41) is 16.1. The van der Waals surface area contributed by atoms with Crippen molar-refractivity contribution in [2.75, 3.05) is 13.2 Å². The Balaban J connectivity index is 1.26. The molecule has 4 rings (SSSR count). The third-order valence-electron chi connectivity index (χ3n) is 5.36. The average molecular weight is 466 g/mol. The molecule has 0 radical (unpaired) electrons. The van der Waals surface area contributed by atoms with Crippen LogP contribution in [0.15, 0.2) is 53.9 Å². The summed E-state index contributed by atoms with van der Waals surface area (Å²) in [6, 6.07) is 16.3. The van der Waals surface area contributed by atoms with Crippen molar-refractivity contribution in [1.82, 2.24) is 15.6 Å². The molecule has 1 aliphatic carbocycles. The van der Waals surface area contributed by atoms with Crippen LogP contribution < -0.4 is 10.6 Å². The van der Waals surface area contributed by atoms with Crippen molar-refractivity contribution < 1.29 is 24.2 Å². The van der Waals surface area contributed by atoms with E-state index in [2.05, 4.69) is 39.9 Å². The Morgan fingerprint density at radius 1 is 1.00 bits per heavy atom. The molecule has 1 aromatic heterocycles. The molecular formula is C24H23N3O5S. The van der Waals surface area contributed by atoms with Gasteiger partial charge < -0.3 is 20.5 Å². The second-order valence-electron chi connectivity index (χ2n) is 7.56. The van der Waals surface area contributed by atoms with Gasteiger partial charge in [0.25, 0.3) is 5.91 Å². The number of nitrogens with zero attached hydrogens (tertiary/aromatic N) is 1. The van der Waals surface area contributed by atoms with E-state index in [1.807, 2.05) is 24.3 Å². The molecule has 3 N–H and O–H groups in total. The van der Waals surface area contributed by atoms with Crippen molar-refractivity contribution in [3.8, 4) is 11.1 Å². The van der Waals surface area contributed by atoms with Crippen molar-refractivity contribution in [2.24, 2.45) is 0 Å². The number of rotatable bonds is 9. The van der Waals surface area contributed by atoms with E-state index in [0.717, 1.165) is 11.1 Å². The number of nitrogens with one attached hydrogen (secondary N) is 2. The fourth-order valence-corrected chi connectivity index (χ4v) is 4.54. The van der Waals surface area contributed by atoms with E-state index < -0.39 is 12.1 Å². The van der Waals surface area contributed by atoms with E-state index in [1.165, 1.54) is 22.5 Å². The maximum Gasteiger partial charge on any atom is 0.407 e. The number of aromatic nitrogens is 1. The first-order valence-electron chi connectivity index (χ1n) is 10.6. The van der Waals surface area contributed by atoms with Gasteiger partial charge in [-0.05, 0) is 28.7 Å². The van der Waals surface area contributed by atoms with Crippen LogP contribution in [0.3, 0.4) is 0 Å². The summed E-state index contributed by atoms with van der Waals surface area (Å²) < 4.78 is 5.50. The number of amides is 2. The van der Waals surface area contributed by atoms with Crippen LogP contribution in [-0.2, 0) is 16.1 Å². The molecule has 0 unspecified atom stereocenters. The van der Waals surface area contributed by atoms with Crippen molar-refractivity contribution >= 4 is 29.3 Å². The first-order valence-corrected chi connectivity index (χ1v) is 11.4. The third-order valence-corrected chi connectivity index (χ3v) is 6.21. The number of carboxylic acids is 1. The smallest absolute Gasteiger partial charge is 0.407 e. The van der Waals surface area contributed by atoms with Crippen LogP contribution in [0.25, 0.3) is 11.1 Å². The number of alkyl carbamates (subject to hydrolysis) is 1. The number of fused-ring (bicyclic) bond motifs is 3. The number of benzene rings is 2. The lowest BCUT2D eigenvalue weighted by molar-refractivity contribution is -0.137. The normalized spacial score (nSPS) is 12.0. The predicted octanol–water partition coefficient (Wildman–Crippen LogP) is 3.78. The van der Waals surface area contributed by atoms with E-state index in [9.17, 15) is 14.4 Å². The highest BCUT2D eigenvalue weighted by Gasteiger charge is 2.29. The lowest BCUT2D eigenvalue weighted by Gasteiger charge is -2.14. The van der Waals surface area contributed by atoms with E-state index in [1.54, 1.807) is 5.38 Å². The van der Waals surface area contributed by atoms with Crippen molar-refractivity contribution in [1.29, 1.82) is 0 Å². The van der Waals surface area contributed by atoms with E-state index >= 15 is 0 Å². The van der Waals surface area contributed by atoms with Gasteiger partial charge in [0.1, 0.15) is 17.3 Å². The molecule has 0 aliphatic heterocycles. The monoisotopic (exact) mass is 465 g/mol. The summed E-state index contributed by atoms with van der Waals surface area (Å²) in [5.74, 6) is -1.29. The molecule has 8 nitrogen and oxygen atoms in total. The van der Waals surface area contributed by atoms with Gasteiger partial charge in [0.2, 0.25) is 0 Å². The predicted molar refractivity (Wildman–Crippen MR) is 123 cm³/mol. The minimum atomic E-state index is -0.903. The van der Waals surface area contributed by atoms with Gasteiger partial charge in [0.05, 0.1) is 6.54 Å². The number of hydrogen-bond donors (Lipinski definition) is 3. The molecule has 0 atom stereocenters. The Labute approximate surface area is 194 Å². The Morgan fingerprint density at radius 2 is 1.67 bits per heavy atom. The second kappa shape index (κ2) is 10.3. The number of thiazole rings is 1. The largest absolute Gasteiger partial charge is 0.481 e. The number of carboxylic acid groups (broad SMARTS) is 1. The zero-order chi connectivity index (χ0) is 23.2. The van der Waals surface area contributed by atoms with Crippen LogP contribution in [0.2, 0.25) is 0 Å². The zero-order valence-electron chi connectivity index (χ0n) is 17.7. The average Bonchev–Trinajstić information content (AvgIpc) is 3.42. The fraction of sp³-hybridized carbons (Fsp3) is 0.250. The Kier molecular flexibility index (Phi) is 6.99. The van der Waals surface area contributed by atoms with Gasteiger partial charge >= 0.3 is 12.1 Å². The number of carbonyl (C=O) groups excluding carboxylic acids is 2. The number of ether oxygens (including phenoxy) is 1. The molecule has 1 aliphatic rings. The quantitative estimate of drug-likeness (QED) is 0.414. The maximum absolute atomic E-state index is 12.3. The molecular weight excluding hydrogens is 442 g/mol. The molecule has 2 amide bonds. The Bertz CT molecular complexity index is 1130. The molecule has 33 heavy (non-hydrogen) atoms. The van der Waals surface area contributed by atoms with Crippen LogP contribution in [0, 0.1) is 0 Å². The maximum atomic E-state index is 12.3. The van der Waals surface area contributed by atoms with Gasteiger partial charge in [-0.1, -0.05) is 48.5 Å². The summed E-state index contributed by atoms with van der Waals surface area (Å²) in [7, 11) is 0. The molecule has 170 valence electrons. The molecule has 0 saturated carbocycles. The lowest BCUT2D eigenvalue weighted by atomic mass is 9.98. The molecule has 1 heterocycles. The van der Waals surface area contributed by atoms with Gasteiger partial charge in [0, 0.05) is 24.3 Å². The Morgan fingerprint density at radius 3 is 2.33 bits per heavy atom. The van der Waals surface area contributed by atoms with Crippen molar-refractivity contribution in [3.63, 3.8) is 0 Å². The number of aliphatic carboxylic acids is 1. The third kappa shape index (κ3) is 5.38. The summed E-state index contributed by atoms with van der Waals surface area (Å²) in [5.41, 5.74) is 4.85. The van der Waals surface area contributed by atoms with Crippen LogP contribution in [0.5, 0.6) is 0 Å². The topological polar surface area (TPSA) is 118 Å². The first kappa shape index (κ1) is 22.5. The van der Waals surface area contributed by atoms with Gasteiger partial charge in [-0.15, -0.1) is 11.3 Å². The molecule has 0 fully saturated rings. The molecule has 9 heteroatoms. The van der Waals surface area contributed by atoms with Crippen LogP contribution in [0.1, 0.15) is 45.4 Å². The van der Waals surface area contributed by atoms with Crippen LogP contribution in [-0.4, -0.2) is 41.2 Å². The van der Waals surface area contributed by atoms with Gasteiger partial charge in [-0.3, -0.25) is 9.59 Å². The SMILES string of the molecule is O=C(O)CCCNC(=O)c1csc(CNC(=O)OCC2c3ccccc3-c3ccccc32)n1. The summed E-state index contributed by atoms with van der Waals surface area (Å²) in [6.45, 7) is 0.630. The summed E-state index contributed by atoms with van der Waals surface area (Å²) in [6.07, 6.45) is -0.208. The molecule has 0 spiro atoms. The molecule has 0 bridgehead atoms. The van der Waals surface area contributed by atoms with Gasteiger partial charge in [0.15, 0.2) is 0 Å². The summed E-state index contributed by atoms with van der Waals surface area (Å²) >= 11 is 1.25. The standard InChI is InChI=1S/C24H23N3O5S/c28-22(29)10-5-11-25-23(30)20-14-33-21(27-20)12-26-24(31)32-13-19-17-8-3-1-6-15(17)16-7-2-4-9-18(16)19/h1-4,6-9,14,19H,5,10-13H2,(H,25,30)(H,26,31)(H,28,29). The Hall–Kier alpha value is -3.72. The zero-order valence-corrected chi connectivity index (χ0v) is 18.6. The van der Waals surface area contributed by atoms with Crippen molar-refractivity contribution in [2.45, 2.75) is 25.3 Å². The highest BCUT2D eigenvalue weighted by Crippen LogP contribution is 2.44. The molecule has 2 aromatic carbocycles. The fourth-order valence-electron chi connectivity index (χ4n) is 3.83. The highest BCUT2D eigenvalue weighted by molar-refractivity contribution is 7.09. The second-order valence-corrected chi connectivity index (χ2v) is 8.50. The number of hydrogen-bond acceptors (Lipinski definition) is 6. The van der Waals surface area contributed by atoms with Crippen molar-refractivity contribution in [3.05, 3.63) is 75.7 Å². The molecule has 3 aromatic rings. The van der Waals surface area contributed by atoms with Gasteiger partial charge in [-0.25, -0.2) is 9.78 Å². The lowest BCUT2D eigenvalue weighted by Crippen LogP contribution is -2.26. The highest BCUT2D eigenvalue weighted by atomic mass is 32.1. The minimum absolute atomic E-state index is 0.00729.